The van der Waals surface area contributed by atoms with Gasteiger partial charge < -0.3 is 0 Å². The molecule has 1 aliphatic heterocycles. The predicted octanol–water partition coefficient (Wildman–Crippen LogP) is 6.18. The number of nitrogens with one attached hydrogen (secondary N) is 1. The maximum atomic E-state index is 4.65. The number of unbranched alkanes of at least 4 members (excludes halogenated alkanes) is 2. The fourth-order valence-electron chi connectivity index (χ4n) is 5.72. The molecule has 0 radical (unpaired) electrons. The molecule has 1 N–H and O–H groups in total. The first kappa shape index (κ1) is 17.8. The highest BCUT2D eigenvalue weighted by Gasteiger charge is 2.67. The first-order valence-electron chi connectivity index (χ1n) is 10.8. The molecule has 2 fully saturated rings. The number of allylic oxidation sites excluding steroid dienone is 1. The lowest BCUT2D eigenvalue weighted by Gasteiger charge is -2.21. The van der Waals surface area contributed by atoms with Crippen LogP contribution in [0.4, 0.5) is 0 Å². The molecule has 4 unspecified atom stereocenters. The first-order valence-corrected chi connectivity index (χ1v) is 10.8. The number of benzene rings is 1. The molecule has 4 rings (SSSR count). The number of aryl methyl sites for hydroxylation is 1. The Bertz CT molecular complexity index is 699. The Balaban J connectivity index is 1.59. The highest BCUT2D eigenvalue weighted by molar-refractivity contribution is 5.76. The Morgan fingerprint density at radius 3 is 2.62 bits per heavy atom. The van der Waals surface area contributed by atoms with Crippen LogP contribution in [0.2, 0.25) is 0 Å². The van der Waals surface area contributed by atoms with E-state index in [0.717, 1.165) is 11.8 Å². The van der Waals surface area contributed by atoms with Gasteiger partial charge in [-0.3, -0.25) is 5.43 Å². The lowest BCUT2D eigenvalue weighted by Crippen LogP contribution is -2.16. The molecule has 2 aliphatic carbocycles. The van der Waals surface area contributed by atoms with Gasteiger partial charge in [-0.15, -0.1) is 0 Å². The number of hydrogen-bond donors (Lipinski definition) is 1. The van der Waals surface area contributed by atoms with E-state index in [1.165, 1.54) is 68.2 Å². The molecule has 4 atom stereocenters. The average Bonchev–Trinajstić information content (AvgIpc) is 3.37. The van der Waals surface area contributed by atoms with Gasteiger partial charge in [0.15, 0.2) is 0 Å². The summed E-state index contributed by atoms with van der Waals surface area (Å²) in [4.78, 5) is 0. The first-order chi connectivity index (χ1) is 12.7. The highest BCUT2D eigenvalue weighted by Crippen LogP contribution is 2.73. The lowest BCUT2D eigenvalue weighted by atomic mass is 9.83. The number of nitrogens with zero attached hydrogens (tertiary/aromatic N) is 1. The molecule has 1 spiro atoms. The monoisotopic (exact) mass is 350 g/mol. The van der Waals surface area contributed by atoms with Gasteiger partial charge in [0.1, 0.15) is 0 Å². The van der Waals surface area contributed by atoms with Crippen LogP contribution in [0.25, 0.3) is 5.70 Å². The summed E-state index contributed by atoms with van der Waals surface area (Å²) in [5.41, 5.74) is 9.38. The van der Waals surface area contributed by atoms with E-state index in [1.807, 2.05) is 0 Å². The van der Waals surface area contributed by atoms with Crippen LogP contribution in [0.15, 0.2) is 34.9 Å². The molecular formula is C24H34N2. The molecule has 0 aromatic heterocycles. The standard InChI is InChI=1S/C24H34N2/c1-4-6-8-18-10-12-19(13-11-18)23-17(3)24-15-22(24)20(9-7-5-2)14-21(24)16-25-26-23/h10-13,16,20-22,26H,4-9,14-15H2,1-3H3. The van der Waals surface area contributed by atoms with Gasteiger partial charge in [-0.25, -0.2) is 0 Å². The number of hydrazone groups is 1. The summed E-state index contributed by atoms with van der Waals surface area (Å²) >= 11 is 0. The van der Waals surface area contributed by atoms with Crippen molar-refractivity contribution in [3.63, 3.8) is 0 Å². The van der Waals surface area contributed by atoms with Crippen molar-refractivity contribution in [2.75, 3.05) is 0 Å². The summed E-state index contributed by atoms with van der Waals surface area (Å²) in [6.45, 7) is 6.94. The van der Waals surface area contributed by atoms with E-state index < -0.39 is 0 Å². The van der Waals surface area contributed by atoms with Crippen LogP contribution in [0.1, 0.15) is 76.8 Å². The molecule has 0 saturated heterocycles. The quantitative estimate of drug-likeness (QED) is 0.623. The van der Waals surface area contributed by atoms with Gasteiger partial charge in [0, 0.05) is 17.5 Å². The van der Waals surface area contributed by atoms with Crippen molar-refractivity contribution in [2.45, 2.75) is 72.1 Å². The third-order valence-corrected chi connectivity index (χ3v) is 7.34. The second-order valence-corrected chi connectivity index (χ2v) is 8.79. The van der Waals surface area contributed by atoms with Gasteiger partial charge in [0.05, 0.1) is 5.70 Å². The van der Waals surface area contributed by atoms with Gasteiger partial charge in [-0.1, -0.05) is 63.8 Å². The highest BCUT2D eigenvalue weighted by atomic mass is 15.3. The molecule has 1 aromatic rings. The second kappa shape index (κ2) is 7.21. The van der Waals surface area contributed by atoms with Crippen molar-refractivity contribution in [3.05, 3.63) is 41.0 Å². The van der Waals surface area contributed by atoms with Crippen molar-refractivity contribution >= 4 is 11.9 Å². The van der Waals surface area contributed by atoms with Crippen molar-refractivity contribution in [1.82, 2.24) is 5.43 Å². The molecule has 1 heterocycles. The molecule has 2 nitrogen and oxygen atoms in total. The van der Waals surface area contributed by atoms with Crippen molar-refractivity contribution in [1.29, 1.82) is 0 Å². The Kier molecular flexibility index (Phi) is 4.94. The summed E-state index contributed by atoms with van der Waals surface area (Å²) in [5.74, 6) is 2.45. The maximum absolute atomic E-state index is 4.65. The Labute approximate surface area is 159 Å². The van der Waals surface area contributed by atoms with E-state index in [-0.39, 0.29) is 0 Å². The van der Waals surface area contributed by atoms with E-state index in [2.05, 4.69) is 61.8 Å². The van der Waals surface area contributed by atoms with E-state index in [1.54, 1.807) is 5.57 Å². The third-order valence-electron chi connectivity index (χ3n) is 7.34. The van der Waals surface area contributed by atoms with Crippen LogP contribution < -0.4 is 5.43 Å². The zero-order chi connectivity index (χ0) is 18.1. The van der Waals surface area contributed by atoms with Crippen LogP contribution in [0, 0.1) is 23.2 Å². The third kappa shape index (κ3) is 2.92. The van der Waals surface area contributed by atoms with Crippen LogP contribution in [0.3, 0.4) is 0 Å². The molecule has 140 valence electrons. The second-order valence-electron chi connectivity index (χ2n) is 8.79. The van der Waals surface area contributed by atoms with E-state index >= 15 is 0 Å². The Hall–Kier alpha value is -1.57. The fraction of sp³-hybridized carbons (Fsp3) is 0.625. The molecule has 0 bridgehead atoms. The van der Waals surface area contributed by atoms with Crippen LogP contribution in [-0.4, -0.2) is 6.21 Å². The SMILES string of the molecule is CCCCc1ccc(C2=C(C)C34CC3C(CCCC)CC4C=NN2)cc1. The van der Waals surface area contributed by atoms with Gasteiger partial charge in [0.25, 0.3) is 0 Å². The molecule has 3 aliphatic rings. The minimum absolute atomic E-state index is 0.404. The summed E-state index contributed by atoms with van der Waals surface area (Å²) in [6, 6.07) is 9.20. The number of hydrogen-bond acceptors (Lipinski definition) is 2. The minimum atomic E-state index is 0.404. The topological polar surface area (TPSA) is 24.4 Å². The minimum Gasteiger partial charge on any atom is -0.278 e. The maximum Gasteiger partial charge on any atom is 0.0629 e. The van der Waals surface area contributed by atoms with Gasteiger partial charge >= 0.3 is 0 Å². The van der Waals surface area contributed by atoms with Gasteiger partial charge in [-0.05, 0) is 61.1 Å². The Morgan fingerprint density at radius 2 is 1.88 bits per heavy atom. The van der Waals surface area contributed by atoms with Crippen LogP contribution in [0.5, 0.6) is 0 Å². The molecule has 2 saturated carbocycles. The van der Waals surface area contributed by atoms with Crippen LogP contribution in [-0.2, 0) is 6.42 Å². The van der Waals surface area contributed by atoms with Crippen LogP contribution >= 0.6 is 0 Å². The van der Waals surface area contributed by atoms with Gasteiger partial charge in [0.2, 0.25) is 0 Å². The van der Waals surface area contributed by atoms with Crippen molar-refractivity contribution in [2.24, 2.45) is 28.3 Å². The summed E-state index contributed by atoms with van der Waals surface area (Å²) in [6.07, 6.45) is 12.8. The molecular weight excluding hydrogens is 316 g/mol. The number of rotatable bonds is 7. The molecule has 2 heteroatoms. The molecule has 26 heavy (non-hydrogen) atoms. The molecule has 0 amide bonds. The summed E-state index contributed by atoms with van der Waals surface area (Å²) in [5, 5.41) is 4.65. The van der Waals surface area contributed by atoms with Crippen molar-refractivity contribution < 1.29 is 0 Å². The zero-order valence-electron chi connectivity index (χ0n) is 16.7. The lowest BCUT2D eigenvalue weighted by molar-refractivity contribution is 0.416. The normalized spacial score (nSPS) is 32.0. The molecule has 1 aromatic carbocycles. The summed E-state index contributed by atoms with van der Waals surface area (Å²) < 4.78 is 0. The largest absolute Gasteiger partial charge is 0.278 e. The fourth-order valence-corrected chi connectivity index (χ4v) is 5.72. The van der Waals surface area contributed by atoms with Crippen molar-refractivity contribution in [3.8, 4) is 0 Å². The zero-order valence-corrected chi connectivity index (χ0v) is 16.7. The Morgan fingerprint density at radius 1 is 1.12 bits per heavy atom. The smallest absolute Gasteiger partial charge is 0.0629 e. The van der Waals surface area contributed by atoms with E-state index in [4.69, 9.17) is 0 Å². The van der Waals surface area contributed by atoms with E-state index in [9.17, 15) is 0 Å². The van der Waals surface area contributed by atoms with Gasteiger partial charge in [-0.2, -0.15) is 5.10 Å². The van der Waals surface area contributed by atoms with E-state index in [0.29, 0.717) is 11.3 Å². The predicted molar refractivity (Wildman–Crippen MR) is 111 cm³/mol. The average molecular weight is 351 g/mol. The summed E-state index contributed by atoms with van der Waals surface area (Å²) in [7, 11) is 0.